The molecular formula is C49H30N3S+. The molecule has 0 saturated carbocycles. The van der Waals surface area contributed by atoms with Gasteiger partial charge in [-0.1, -0.05) is 137 Å². The lowest BCUT2D eigenvalue weighted by atomic mass is 9.93. The third-order valence-electron chi connectivity index (χ3n) is 10.6. The van der Waals surface area contributed by atoms with Crippen LogP contribution in [0.3, 0.4) is 0 Å². The lowest BCUT2D eigenvalue weighted by molar-refractivity contribution is -0.359. The Bertz CT molecular complexity index is 3200. The molecule has 0 fully saturated rings. The molecule has 0 amide bonds. The molecule has 0 radical (unpaired) electrons. The van der Waals surface area contributed by atoms with Crippen molar-refractivity contribution in [3.63, 3.8) is 0 Å². The Morgan fingerprint density at radius 2 is 0.887 bits per heavy atom. The standard InChI is InChI=1S/C49H29N3S/c1-2-11-33-28-34(25-20-30(33)10-1)48-50-47(32-23-21-31(22-24-32)36-17-9-19-45-46(36)42-16-7-8-18-44(42)53-45)51-49(52-48)35-26-27-41-39-14-4-3-12-37(39)38-13-5-6-15-40(38)43(41)29-35/h1-29H/p+1. The second-order valence-corrected chi connectivity index (χ2v) is 14.7. The van der Waals surface area contributed by atoms with Gasteiger partial charge in [0.2, 0.25) is 0 Å². The Labute approximate surface area is 309 Å². The van der Waals surface area contributed by atoms with Crippen molar-refractivity contribution in [2.75, 3.05) is 0 Å². The number of fused-ring (bicyclic) bond motifs is 10. The molecule has 1 N–H and O–H groups in total. The summed E-state index contributed by atoms with van der Waals surface area (Å²) in [5.41, 5.74) is 5.40. The van der Waals surface area contributed by atoms with Gasteiger partial charge >= 0.3 is 5.82 Å². The average molecular weight is 693 g/mol. The summed E-state index contributed by atoms with van der Waals surface area (Å²) in [6.07, 6.45) is 0. The monoisotopic (exact) mass is 692 g/mol. The summed E-state index contributed by atoms with van der Waals surface area (Å²) in [5, 5.41) is 12.4. The molecule has 0 saturated heterocycles. The maximum absolute atomic E-state index is 5.23. The highest BCUT2D eigenvalue weighted by atomic mass is 32.1. The van der Waals surface area contributed by atoms with Crippen LogP contribution in [0.4, 0.5) is 0 Å². The van der Waals surface area contributed by atoms with E-state index >= 15 is 0 Å². The molecule has 4 heteroatoms. The van der Waals surface area contributed by atoms with Gasteiger partial charge in [-0.3, -0.25) is 0 Å². The van der Waals surface area contributed by atoms with E-state index in [1.807, 2.05) is 11.3 Å². The normalized spacial score (nSPS) is 11.8. The first-order valence-corrected chi connectivity index (χ1v) is 18.7. The second kappa shape index (κ2) is 11.9. The van der Waals surface area contributed by atoms with E-state index in [1.165, 1.54) is 74.4 Å². The molecule has 246 valence electrons. The summed E-state index contributed by atoms with van der Waals surface area (Å²) in [6, 6.07) is 63.1. The Morgan fingerprint density at radius 1 is 0.358 bits per heavy atom. The van der Waals surface area contributed by atoms with Crippen LogP contribution in [-0.4, -0.2) is 9.97 Å². The molecule has 0 atom stereocenters. The van der Waals surface area contributed by atoms with Gasteiger partial charge in [-0.15, -0.1) is 11.3 Å². The van der Waals surface area contributed by atoms with E-state index in [-0.39, 0.29) is 0 Å². The zero-order chi connectivity index (χ0) is 34.9. The number of nitrogens with one attached hydrogen (secondary N) is 1. The molecule has 11 rings (SSSR count). The number of thiophene rings is 1. The van der Waals surface area contributed by atoms with Gasteiger partial charge in [0.1, 0.15) is 0 Å². The Hall–Kier alpha value is -6.75. The third-order valence-corrected chi connectivity index (χ3v) is 11.7. The zero-order valence-corrected chi connectivity index (χ0v) is 29.4. The van der Waals surface area contributed by atoms with E-state index < -0.39 is 0 Å². The quantitative estimate of drug-likeness (QED) is 0.172. The van der Waals surface area contributed by atoms with Gasteiger partial charge in [0, 0.05) is 20.2 Å². The van der Waals surface area contributed by atoms with Crippen LogP contribution in [0.15, 0.2) is 176 Å². The first-order valence-electron chi connectivity index (χ1n) is 17.9. The lowest BCUT2D eigenvalue weighted by Crippen LogP contribution is -2.17. The van der Waals surface area contributed by atoms with Crippen molar-refractivity contribution in [3.8, 4) is 45.3 Å². The van der Waals surface area contributed by atoms with Crippen LogP contribution in [0.1, 0.15) is 0 Å². The molecule has 0 aliphatic heterocycles. The van der Waals surface area contributed by atoms with E-state index in [1.54, 1.807) is 0 Å². The van der Waals surface area contributed by atoms with Crippen LogP contribution in [0.2, 0.25) is 0 Å². The molecule has 0 bridgehead atoms. The lowest BCUT2D eigenvalue weighted by Gasteiger charge is -2.11. The minimum Gasteiger partial charge on any atom is -0.240 e. The average Bonchev–Trinajstić information content (AvgIpc) is 3.62. The van der Waals surface area contributed by atoms with Crippen LogP contribution in [-0.2, 0) is 0 Å². The van der Waals surface area contributed by atoms with Gasteiger partial charge in [0.15, 0.2) is 0 Å². The van der Waals surface area contributed by atoms with E-state index in [2.05, 4.69) is 181 Å². The largest absolute Gasteiger partial charge is 0.308 e. The Kier molecular flexibility index (Phi) is 6.73. The molecular weight excluding hydrogens is 663 g/mol. The minimum absolute atomic E-state index is 0.677. The van der Waals surface area contributed by atoms with Crippen molar-refractivity contribution in [2.24, 2.45) is 0 Å². The third kappa shape index (κ3) is 4.91. The molecule has 9 aromatic carbocycles. The summed E-state index contributed by atoms with van der Waals surface area (Å²) < 4.78 is 2.61. The van der Waals surface area contributed by atoms with Crippen molar-refractivity contribution in [1.29, 1.82) is 0 Å². The highest BCUT2D eigenvalue weighted by Gasteiger charge is 2.22. The summed E-state index contributed by atoms with van der Waals surface area (Å²) in [4.78, 5) is 14.1. The van der Waals surface area contributed by atoms with E-state index in [0.717, 1.165) is 28.3 Å². The number of benzene rings is 9. The van der Waals surface area contributed by atoms with Crippen LogP contribution < -0.4 is 4.98 Å². The summed E-state index contributed by atoms with van der Waals surface area (Å²) in [7, 11) is 0. The topological polar surface area (TPSA) is 39.9 Å². The highest BCUT2D eigenvalue weighted by molar-refractivity contribution is 7.25. The first kappa shape index (κ1) is 29.9. The van der Waals surface area contributed by atoms with Gasteiger partial charge < -0.3 is 0 Å². The van der Waals surface area contributed by atoms with Crippen molar-refractivity contribution < 1.29 is 4.98 Å². The van der Waals surface area contributed by atoms with Crippen molar-refractivity contribution in [3.05, 3.63) is 176 Å². The van der Waals surface area contributed by atoms with Crippen molar-refractivity contribution in [1.82, 2.24) is 9.97 Å². The molecule has 2 aromatic heterocycles. The van der Waals surface area contributed by atoms with Gasteiger partial charge in [-0.2, -0.15) is 0 Å². The van der Waals surface area contributed by atoms with E-state index in [9.17, 15) is 0 Å². The highest BCUT2D eigenvalue weighted by Crippen LogP contribution is 2.41. The fraction of sp³-hybridized carbons (Fsp3) is 0. The molecule has 3 nitrogen and oxygen atoms in total. The van der Waals surface area contributed by atoms with Crippen LogP contribution in [0.5, 0.6) is 0 Å². The molecule has 0 aliphatic carbocycles. The fourth-order valence-corrected chi connectivity index (χ4v) is 9.15. The van der Waals surface area contributed by atoms with Crippen molar-refractivity contribution in [2.45, 2.75) is 0 Å². The molecule has 2 heterocycles. The Balaban J connectivity index is 1.09. The van der Waals surface area contributed by atoms with Gasteiger partial charge in [-0.05, 0) is 103 Å². The SMILES string of the molecule is c1ccc2cc(-c3nc(-c4ccc(-c5cccc6sc7ccccc7c56)cc4)nc(-c4ccc5c6ccccc6c6ccccc6c5c4)[nH+]3)ccc2c1. The number of hydrogen-bond donors (Lipinski definition) is 0. The smallest absolute Gasteiger partial charge is 0.240 e. The summed E-state index contributed by atoms with van der Waals surface area (Å²) >= 11 is 1.85. The zero-order valence-electron chi connectivity index (χ0n) is 28.5. The molecule has 0 spiro atoms. The Morgan fingerprint density at radius 3 is 1.62 bits per heavy atom. The number of nitrogens with zero attached hydrogens (tertiary/aromatic N) is 2. The van der Waals surface area contributed by atoms with Crippen LogP contribution in [0, 0.1) is 0 Å². The number of H-pyrrole nitrogens is 1. The van der Waals surface area contributed by atoms with E-state index in [0.29, 0.717) is 5.82 Å². The maximum atomic E-state index is 5.23. The van der Waals surface area contributed by atoms with Crippen molar-refractivity contribution >= 4 is 74.6 Å². The van der Waals surface area contributed by atoms with Crippen LogP contribution in [0.25, 0.3) is 109 Å². The number of hydrogen-bond acceptors (Lipinski definition) is 3. The molecule has 0 unspecified atom stereocenters. The van der Waals surface area contributed by atoms with Gasteiger partial charge in [0.05, 0.1) is 16.7 Å². The fourth-order valence-electron chi connectivity index (χ4n) is 8.01. The van der Waals surface area contributed by atoms with Gasteiger partial charge in [0.25, 0.3) is 11.6 Å². The number of aromatic nitrogens is 3. The summed E-state index contributed by atoms with van der Waals surface area (Å²) in [5.74, 6) is 2.23. The predicted molar refractivity (Wildman–Crippen MR) is 223 cm³/mol. The molecule has 53 heavy (non-hydrogen) atoms. The first-order chi connectivity index (χ1) is 26.2. The number of aromatic amines is 1. The van der Waals surface area contributed by atoms with E-state index in [4.69, 9.17) is 9.97 Å². The minimum atomic E-state index is 0.677. The maximum Gasteiger partial charge on any atom is 0.308 e. The number of rotatable bonds is 4. The predicted octanol–water partition coefficient (Wildman–Crippen LogP) is 12.9. The second-order valence-electron chi connectivity index (χ2n) is 13.6. The van der Waals surface area contributed by atoms with Crippen LogP contribution >= 0.6 is 11.3 Å². The molecule has 11 aromatic rings. The summed E-state index contributed by atoms with van der Waals surface area (Å²) in [6.45, 7) is 0. The molecule has 0 aliphatic rings. The van der Waals surface area contributed by atoms with Gasteiger partial charge in [-0.25, -0.2) is 4.98 Å².